The zero-order valence-corrected chi connectivity index (χ0v) is 11.8. The second-order valence-electron chi connectivity index (χ2n) is 3.93. The zero-order valence-electron chi connectivity index (χ0n) is 10.2. The fourth-order valence-electron chi connectivity index (χ4n) is 1.77. The molecule has 0 spiro atoms. The number of nitrogens with zero attached hydrogens (tertiary/aromatic N) is 4. The first-order valence-electron chi connectivity index (χ1n) is 5.49. The molecule has 0 bridgehead atoms. The third-order valence-corrected chi connectivity index (χ3v) is 3.34. The number of aliphatic hydroxyl groups is 1. The number of halogens is 1. The van der Waals surface area contributed by atoms with Gasteiger partial charge in [-0.1, -0.05) is 0 Å². The Morgan fingerprint density at radius 3 is 2.89 bits per heavy atom. The average molecular weight is 315 g/mol. The van der Waals surface area contributed by atoms with Crippen molar-refractivity contribution < 1.29 is 9.84 Å². The molecule has 1 atom stereocenters. The normalized spacial score (nSPS) is 12.9. The van der Waals surface area contributed by atoms with Gasteiger partial charge in [0.15, 0.2) is 0 Å². The first kappa shape index (κ1) is 13.3. The molecule has 0 radical (unpaired) electrons. The van der Waals surface area contributed by atoms with Crippen LogP contribution in [0, 0.1) is 0 Å². The molecule has 98 valence electrons. The van der Waals surface area contributed by atoms with Crippen molar-refractivity contribution in [1.29, 1.82) is 0 Å². The lowest BCUT2D eigenvalue weighted by Crippen LogP contribution is -2.15. The van der Waals surface area contributed by atoms with E-state index in [4.69, 9.17) is 4.74 Å². The predicted octanol–water partition coefficient (Wildman–Crippen LogP) is 1.11. The van der Waals surface area contributed by atoms with Gasteiger partial charge >= 0.3 is 0 Å². The van der Waals surface area contributed by atoms with E-state index in [2.05, 4.69) is 26.0 Å². The Morgan fingerprint density at radius 2 is 2.28 bits per heavy atom. The van der Waals surface area contributed by atoms with Crippen LogP contribution in [-0.4, -0.2) is 38.2 Å². The summed E-state index contributed by atoms with van der Waals surface area (Å²) in [6.45, 7) is 1.13. The van der Waals surface area contributed by atoms with E-state index >= 15 is 0 Å². The Kier molecular flexibility index (Phi) is 4.15. The van der Waals surface area contributed by atoms with Gasteiger partial charge in [-0.05, 0) is 15.9 Å². The molecule has 0 saturated carbocycles. The van der Waals surface area contributed by atoms with Crippen LogP contribution in [0.3, 0.4) is 0 Å². The van der Waals surface area contributed by atoms with E-state index < -0.39 is 6.10 Å². The molecule has 6 nitrogen and oxygen atoms in total. The number of methoxy groups -OCH3 is 1. The lowest BCUT2D eigenvalue weighted by atomic mass is 10.2. The van der Waals surface area contributed by atoms with Crippen LogP contribution in [0.5, 0.6) is 0 Å². The summed E-state index contributed by atoms with van der Waals surface area (Å²) in [7, 11) is 3.48. The second-order valence-corrected chi connectivity index (χ2v) is 4.78. The highest BCUT2D eigenvalue weighted by Crippen LogP contribution is 2.27. The first-order valence-corrected chi connectivity index (χ1v) is 6.29. The number of aryl methyl sites for hydroxylation is 1. The van der Waals surface area contributed by atoms with Crippen LogP contribution >= 0.6 is 15.9 Å². The lowest BCUT2D eigenvalue weighted by Gasteiger charge is -2.14. The van der Waals surface area contributed by atoms with Crippen LogP contribution in [-0.2, 0) is 18.3 Å². The van der Waals surface area contributed by atoms with E-state index in [0.717, 1.165) is 10.2 Å². The van der Waals surface area contributed by atoms with Crippen LogP contribution in [0.1, 0.15) is 17.5 Å². The molecule has 2 aromatic rings. The summed E-state index contributed by atoms with van der Waals surface area (Å²) < 4.78 is 9.31. The maximum Gasteiger partial charge on any atom is 0.138 e. The molecule has 0 aliphatic heterocycles. The largest absolute Gasteiger partial charge is 0.383 e. The minimum absolute atomic E-state index is 0.541. The van der Waals surface area contributed by atoms with Crippen LogP contribution in [0.25, 0.3) is 0 Å². The van der Waals surface area contributed by atoms with Gasteiger partial charge in [-0.25, -0.2) is 4.98 Å². The highest BCUT2D eigenvalue weighted by Gasteiger charge is 2.21. The smallest absolute Gasteiger partial charge is 0.138 e. The summed E-state index contributed by atoms with van der Waals surface area (Å²) in [5.41, 5.74) is 1.42. The van der Waals surface area contributed by atoms with E-state index in [0.29, 0.717) is 18.8 Å². The van der Waals surface area contributed by atoms with Crippen molar-refractivity contribution in [2.24, 2.45) is 7.05 Å². The maximum absolute atomic E-state index is 10.4. The van der Waals surface area contributed by atoms with Crippen molar-refractivity contribution in [3.8, 4) is 0 Å². The molecular weight excluding hydrogens is 300 g/mol. The highest BCUT2D eigenvalue weighted by atomic mass is 79.9. The third-order valence-electron chi connectivity index (χ3n) is 2.73. The van der Waals surface area contributed by atoms with Crippen LogP contribution < -0.4 is 0 Å². The molecule has 0 aliphatic carbocycles. The second kappa shape index (κ2) is 5.64. The zero-order chi connectivity index (χ0) is 13.1. The summed E-state index contributed by atoms with van der Waals surface area (Å²) in [5, 5.41) is 14.6. The molecule has 1 N–H and O–H groups in total. The number of aliphatic hydroxyl groups excluding tert-OH is 1. The van der Waals surface area contributed by atoms with Gasteiger partial charge in [-0.3, -0.25) is 4.68 Å². The molecule has 0 saturated heterocycles. The molecule has 0 aromatic carbocycles. The Bertz CT molecular complexity index is 523. The Hall–Kier alpha value is -1.18. The van der Waals surface area contributed by atoms with E-state index in [1.54, 1.807) is 35.1 Å². The minimum atomic E-state index is -0.772. The number of ether oxygens (including phenoxy) is 1. The number of rotatable bonds is 5. The van der Waals surface area contributed by atoms with Gasteiger partial charge in [0.2, 0.25) is 0 Å². The SMILES string of the molecule is COCCn1ncc(Br)c1C(O)c1cncn1C. The van der Waals surface area contributed by atoms with E-state index in [-0.39, 0.29) is 0 Å². The topological polar surface area (TPSA) is 65.1 Å². The van der Waals surface area contributed by atoms with Crippen molar-refractivity contribution in [3.05, 3.63) is 34.6 Å². The van der Waals surface area contributed by atoms with Gasteiger partial charge in [0, 0.05) is 14.2 Å². The molecule has 0 aliphatic rings. The lowest BCUT2D eigenvalue weighted by molar-refractivity contribution is 0.168. The molecule has 0 fully saturated rings. The van der Waals surface area contributed by atoms with Gasteiger partial charge in [0.05, 0.1) is 47.7 Å². The average Bonchev–Trinajstić information content (AvgIpc) is 2.92. The number of hydrogen-bond acceptors (Lipinski definition) is 4. The molecular formula is C11H15BrN4O2. The fourth-order valence-corrected chi connectivity index (χ4v) is 2.28. The monoisotopic (exact) mass is 314 g/mol. The molecule has 0 amide bonds. The molecule has 2 rings (SSSR count). The van der Waals surface area contributed by atoms with E-state index in [1.807, 2.05) is 7.05 Å². The number of imidazole rings is 1. The highest BCUT2D eigenvalue weighted by molar-refractivity contribution is 9.10. The van der Waals surface area contributed by atoms with Gasteiger partial charge < -0.3 is 14.4 Å². The predicted molar refractivity (Wildman–Crippen MR) is 69.1 cm³/mol. The Balaban J connectivity index is 2.32. The molecule has 1 unspecified atom stereocenters. The summed E-state index contributed by atoms with van der Waals surface area (Å²) in [4.78, 5) is 4.01. The maximum atomic E-state index is 10.4. The van der Waals surface area contributed by atoms with E-state index in [1.165, 1.54) is 0 Å². The first-order chi connectivity index (χ1) is 8.65. The van der Waals surface area contributed by atoms with Crippen LogP contribution in [0.2, 0.25) is 0 Å². The summed E-state index contributed by atoms with van der Waals surface area (Å²) in [6, 6.07) is 0. The minimum Gasteiger partial charge on any atom is -0.383 e. The molecule has 2 heterocycles. The standard InChI is InChI=1S/C11H15BrN4O2/c1-15-7-13-6-9(15)11(17)10-8(12)5-14-16(10)3-4-18-2/h5-7,11,17H,3-4H2,1-2H3. The van der Waals surface area contributed by atoms with E-state index in [9.17, 15) is 5.11 Å². The van der Waals surface area contributed by atoms with Crippen molar-refractivity contribution in [2.75, 3.05) is 13.7 Å². The number of hydrogen-bond donors (Lipinski definition) is 1. The van der Waals surface area contributed by atoms with Crippen LogP contribution in [0.4, 0.5) is 0 Å². The Labute approximate surface area is 113 Å². The Morgan fingerprint density at radius 1 is 1.50 bits per heavy atom. The summed E-state index contributed by atoms with van der Waals surface area (Å²) in [6.07, 6.45) is 4.20. The molecule has 18 heavy (non-hydrogen) atoms. The van der Waals surface area contributed by atoms with Crippen molar-refractivity contribution >= 4 is 15.9 Å². The third kappa shape index (κ3) is 2.47. The van der Waals surface area contributed by atoms with Gasteiger partial charge in [-0.2, -0.15) is 5.10 Å². The van der Waals surface area contributed by atoms with Crippen LogP contribution in [0.15, 0.2) is 23.2 Å². The van der Waals surface area contributed by atoms with Crippen molar-refractivity contribution in [1.82, 2.24) is 19.3 Å². The fraction of sp³-hybridized carbons (Fsp3) is 0.455. The molecule has 7 heteroatoms. The quantitative estimate of drug-likeness (QED) is 0.898. The van der Waals surface area contributed by atoms with Gasteiger partial charge in [-0.15, -0.1) is 0 Å². The van der Waals surface area contributed by atoms with Crippen molar-refractivity contribution in [2.45, 2.75) is 12.6 Å². The molecule has 2 aromatic heterocycles. The van der Waals surface area contributed by atoms with Crippen molar-refractivity contribution in [3.63, 3.8) is 0 Å². The van der Waals surface area contributed by atoms with Gasteiger partial charge in [0.1, 0.15) is 6.10 Å². The summed E-state index contributed by atoms with van der Waals surface area (Å²) >= 11 is 3.41. The summed E-state index contributed by atoms with van der Waals surface area (Å²) in [5.74, 6) is 0. The van der Waals surface area contributed by atoms with Gasteiger partial charge in [0.25, 0.3) is 0 Å². The number of aromatic nitrogens is 4.